The van der Waals surface area contributed by atoms with Gasteiger partial charge < -0.3 is 15.2 Å². The number of hydrogen-bond donors (Lipinski definition) is 2. The van der Waals surface area contributed by atoms with Gasteiger partial charge in [-0.1, -0.05) is 69.4 Å². The molecule has 0 amide bonds. The number of ether oxygens (including phenoxy) is 1. The predicted octanol–water partition coefficient (Wildman–Crippen LogP) is 5.34. The molecule has 4 heteroatoms. The number of aliphatic hydroxyl groups excluding tert-OH is 1. The van der Waals surface area contributed by atoms with Crippen molar-refractivity contribution in [3.8, 4) is 5.75 Å². The average molecular weight is 368 g/mol. The average Bonchev–Trinajstić information content (AvgIpc) is 2.61. The van der Waals surface area contributed by atoms with E-state index in [9.17, 15) is 5.11 Å². The quantitative estimate of drug-likeness (QED) is 0.712. The maximum absolute atomic E-state index is 10.2. The molecule has 142 valence electrons. The van der Waals surface area contributed by atoms with Gasteiger partial charge in [-0.05, 0) is 37.1 Å². The lowest BCUT2D eigenvalue weighted by Gasteiger charge is -2.21. The number of nitrogens with one attached hydrogen (secondary N) is 1. The Morgan fingerprint density at radius 1 is 0.920 bits per heavy atom. The Labute approximate surface area is 158 Å². The first-order valence-electron chi connectivity index (χ1n) is 10.0. The van der Waals surface area contributed by atoms with Crippen LogP contribution in [0.5, 0.6) is 5.75 Å². The van der Waals surface area contributed by atoms with Crippen LogP contribution in [0.15, 0.2) is 24.3 Å². The summed E-state index contributed by atoms with van der Waals surface area (Å²) < 4.78 is 5.63. The van der Waals surface area contributed by atoms with Crippen molar-refractivity contribution >= 4 is 11.6 Å². The van der Waals surface area contributed by atoms with Crippen LogP contribution in [0.25, 0.3) is 0 Å². The van der Waals surface area contributed by atoms with E-state index in [1.165, 1.54) is 70.6 Å². The third-order valence-electron chi connectivity index (χ3n) is 5.00. The summed E-state index contributed by atoms with van der Waals surface area (Å²) in [6.45, 7) is 0.902. The second kappa shape index (κ2) is 12.6. The van der Waals surface area contributed by atoms with Gasteiger partial charge >= 0.3 is 0 Å². The van der Waals surface area contributed by atoms with Crippen molar-refractivity contribution in [2.75, 3.05) is 13.2 Å². The SMILES string of the molecule is OC(CNC1CCCCCCCCCCC1)COc1ccc(Cl)cc1. The van der Waals surface area contributed by atoms with E-state index in [1.807, 2.05) is 12.1 Å². The summed E-state index contributed by atoms with van der Waals surface area (Å²) in [5.41, 5.74) is 0. The molecule has 0 heterocycles. The number of aliphatic hydroxyl groups is 1. The molecule has 1 fully saturated rings. The summed E-state index contributed by atoms with van der Waals surface area (Å²) in [6.07, 6.45) is 14.2. The molecule has 0 saturated heterocycles. The minimum Gasteiger partial charge on any atom is -0.491 e. The zero-order chi connectivity index (χ0) is 17.7. The summed E-state index contributed by atoms with van der Waals surface area (Å²) in [4.78, 5) is 0. The molecular weight excluding hydrogens is 334 g/mol. The third-order valence-corrected chi connectivity index (χ3v) is 5.26. The molecule has 3 nitrogen and oxygen atoms in total. The van der Waals surface area contributed by atoms with E-state index in [-0.39, 0.29) is 0 Å². The van der Waals surface area contributed by atoms with Crippen LogP contribution < -0.4 is 10.1 Å². The van der Waals surface area contributed by atoms with Gasteiger partial charge in [-0.25, -0.2) is 0 Å². The van der Waals surface area contributed by atoms with E-state index < -0.39 is 6.10 Å². The van der Waals surface area contributed by atoms with Crippen molar-refractivity contribution in [1.82, 2.24) is 5.32 Å². The fourth-order valence-corrected chi connectivity index (χ4v) is 3.58. The van der Waals surface area contributed by atoms with E-state index in [1.54, 1.807) is 12.1 Å². The molecule has 0 bridgehead atoms. The Morgan fingerprint density at radius 2 is 1.44 bits per heavy atom. The zero-order valence-electron chi connectivity index (χ0n) is 15.4. The van der Waals surface area contributed by atoms with Crippen LogP contribution in [0.2, 0.25) is 5.02 Å². The summed E-state index contributed by atoms with van der Waals surface area (Å²) in [5.74, 6) is 0.745. The van der Waals surface area contributed by atoms with Crippen molar-refractivity contribution in [3.63, 3.8) is 0 Å². The van der Waals surface area contributed by atoms with Gasteiger partial charge in [0.25, 0.3) is 0 Å². The molecule has 1 aliphatic carbocycles. The van der Waals surface area contributed by atoms with Crippen molar-refractivity contribution in [2.45, 2.75) is 82.8 Å². The summed E-state index contributed by atoms with van der Waals surface area (Å²) in [6, 6.07) is 7.79. The van der Waals surface area contributed by atoms with Crippen LogP contribution >= 0.6 is 11.6 Å². The molecule has 0 spiro atoms. The highest BCUT2D eigenvalue weighted by atomic mass is 35.5. The van der Waals surface area contributed by atoms with Crippen molar-refractivity contribution in [3.05, 3.63) is 29.3 Å². The number of hydrogen-bond acceptors (Lipinski definition) is 3. The van der Waals surface area contributed by atoms with Gasteiger partial charge in [0.15, 0.2) is 0 Å². The van der Waals surface area contributed by atoms with E-state index >= 15 is 0 Å². The first-order chi connectivity index (χ1) is 12.2. The van der Waals surface area contributed by atoms with E-state index in [0.717, 1.165) is 5.75 Å². The van der Waals surface area contributed by atoms with E-state index in [2.05, 4.69) is 5.32 Å². The molecule has 1 saturated carbocycles. The monoisotopic (exact) mass is 367 g/mol. The lowest BCUT2D eigenvalue weighted by Crippen LogP contribution is -2.38. The molecular formula is C21H34ClNO2. The lowest BCUT2D eigenvalue weighted by molar-refractivity contribution is 0.102. The molecule has 1 aliphatic rings. The Balaban J connectivity index is 1.66. The molecule has 25 heavy (non-hydrogen) atoms. The topological polar surface area (TPSA) is 41.5 Å². The Kier molecular flexibility index (Phi) is 10.3. The van der Waals surface area contributed by atoms with Crippen LogP contribution in [0.1, 0.15) is 70.6 Å². The molecule has 0 aromatic heterocycles. The smallest absolute Gasteiger partial charge is 0.119 e. The molecule has 1 aromatic rings. The highest BCUT2D eigenvalue weighted by molar-refractivity contribution is 6.30. The summed E-state index contributed by atoms with van der Waals surface area (Å²) >= 11 is 5.86. The van der Waals surface area contributed by atoms with Gasteiger partial charge in [0.05, 0.1) is 0 Å². The lowest BCUT2D eigenvalue weighted by atomic mass is 9.98. The van der Waals surface area contributed by atoms with Gasteiger partial charge in [-0.2, -0.15) is 0 Å². The summed E-state index contributed by atoms with van der Waals surface area (Å²) in [7, 11) is 0. The fourth-order valence-electron chi connectivity index (χ4n) is 3.45. The van der Waals surface area contributed by atoms with Crippen LogP contribution in [0, 0.1) is 0 Å². The fraction of sp³-hybridized carbons (Fsp3) is 0.714. The Bertz CT molecular complexity index is 440. The van der Waals surface area contributed by atoms with E-state index in [0.29, 0.717) is 24.2 Å². The number of benzene rings is 1. The molecule has 2 rings (SSSR count). The second-order valence-electron chi connectivity index (χ2n) is 7.28. The van der Waals surface area contributed by atoms with Crippen molar-refractivity contribution < 1.29 is 9.84 Å². The van der Waals surface area contributed by atoms with Gasteiger partial charge in [0.1, 0.15) is 18.5 Å². The summed E-state index contributed by atoms with van der Waals surface area (Å²) in [5, 5.41) is 14.5. The van der Waals surface area contributed by atoms with Crippen LogP contribution in [0.4, 0.5) is 0 Å². The van der Waals surface area contributed by atoms with Gasteiger partial charge in [-0.15, -0.1) is 0 Å². The zero-order valence-corrected chi connectivity index (χ0v) is 16.1. The van der Waals surface area contributed by atoms with E-state index in [4.69, 9.17) is 16.3 Å². The Morgan fingerprint density at radius 3 is 2.00 bits per heavy atom. The largest absolute Gasteiger partial charge is 0.491 e. The molecule has 2 N–H and O–H groups in total. The molecule has 0 radical (unpaired) electrons. The standard InChI is InChI=1S/C21H34ClNO2/c22-18-12-14-21(15-13-18)25-17-20(24)16-23-19-10-8-6-4-2-1-3-5-7-9-11-19/h12-15,19-20,23-24H,1-11,16-17H2. The van der Waals surface area contributed by atoms with Gasteiger partial charge in [0, 0.05) is 17.6 Å². The first-order valence-corrected chi connectivity index (χ1v) is 10.4. The number of halogens is 1. The minimum atomic E-state index is -0.489. The third kappa shape index (κ3) is 9.48. The van der Waals surface area contributed by atoms with Crippen molar-refractivity contribution in [2.24, 2.45) is 0 Å². The number of rotatable bonds is 6. The van der Waals surface area contributed by atoms with Crippen LogP contribution in [0.3, 0.4) is 0 Å². The maximum Gasteiger partial charge on any atom is 0.119 e. The van der Waals surface area contributed by atoms with Gasteiger partial charge in [-0.3, -0.25) is 0 Å². The first kappa shape index (κ1) is 20.5. The Hall–Kier alpha value is -0.770. The van der Waals surface area contributed by atoms with Crippen molar-refractivity contribution in [1.29, 1.82) is 0 Å². The molecule has 0 aliphatic heterocycles. The minimum absolute atomic E-state index is 0.307. The van der Waals surface area contributed by atoms with Crippen LogP contribution in [-0.2, 0) is 0 Å². The highest BCUT2D eigenvalue weighted by Gasteiger charge is 2.12. The van der Waals surface area contributed by atoms with Gasteiger partial charge in [0.2, 0.25) is 0 Å². The highest BCUT2D eigenvalue weighted by Crippen LogP contribution is 2.17. The normalized spacial score (nSPS) is 19.6. The van der Waals surface area contributed by atoms with Crippen LogP contribution in [-0.4, -0.2) is 30.4 Å². The molecule has 1 unspecified atom stereocenters. The molecule has 1 atom stereocenters. The second-order valence-corrected chi connectivity index (χ2v) is 7.72. The maximum atomic E-state index is 10.2. The molecule has 1 aromatic carbocycles. The predicted molar refractivity (Wildman–Crippen MR) is 106 cm³/mol.